The second-order valence-electron chi connectivity index (χ2n) is 4.25. The maximum atomic E-state index is 5.65. The molecule has 2 N–H and O–H groups in total. The van der Waals surface area contributed by atoms with E-state index < -0.39 is 0 Å². The fourth-order valence-corrected chi connectivity index (χ4v) is 1.82. The van der Waals surface area contributed by atoms with E-state index in [1.807, 2.05) is 42.5 Å². The van der Waals surface area contributed by atoms with Gasteiger partial charge in [-0.05, 0) is 48.4 Å². The first-order valence-corrected chi connectivity index (χ1v) is 6.41. The van der Waals surface area contributed by atoms with Crippen LogP contribution in [0.15, 0.2) is 48.5 Å². The Bertz CT molecular complexity index is 508. The summed E-state index contributed by atoms with van der Waals surface area (Å²) in [4.78, 5) is 0. The van der Waals surface area contributed by atoms with E-state index in [9.17, 15) is 0 Å². The summed E-state index contributed by atoms with van der Waals surface area (Å²) in [6.07, 6.45) is 0.868. The molecule has 0 fully saturated rings. The molecule has 0 atom stereocenters. The topological polar surface area (TPSA) is 44.5 Å². The average molecular weight is 257 g/mol. The standard InChI is InChI=1S/C16H19NO2/c1-18-15-8-6-13(7-9-15)14-4-2-5-16(12-14)19-11-3-10-17/h2,4-9,12H,3,10-11,17H2,1H3. The Balaban J connectivity index is 2.12. The minimum atomic E-state index is 0.651. The number of hydrogen-bond donors (Lipinski definition) is 1. The van der Waals surface area contributed by atoms with E-state index in [-0.39, 0.29) is 0 Å². The summed E-state index contributed by atoms with van der Waals surface area (Å²) in [5, 5.41) is 0. The Morgan fingerprint density at radius 3 is 2.42 bits per heavy atom. The van der Waals surface area contributed by atoms with Gasteiger partial charge < -0.3 is 15.2 Å². The zero-order valence-corrected chi connectivity index (χ0v) is 11.1. The number of nitrogens with two attached hydrogens (primary N) is 1. The highest BCUT2D eigenvalue weighted by Gasteiger charge is 2.00. The number of methoxy groups -OCH3 is 1. The average Bonchev–Trinajstić information content (AvgIpc) is 2.48. The van der Waals surface area contributed by atoms with Crippen LogP contribution in [-0.2, 0) is 0 Å². The largest absolute Gasteiger partial charge is 0.497 e. The van der Waals surface area contributed by atoms with Crippen LogP contribution < -0.4 is 15.2 Å². The quantitative estimate of drug-likeness (QED) is 0.809. The Morgan fingerprint density at radius 1 is 0.947 bits per heavy atom. The molecule has 0 saturated heterocycles. The van der Waals surface area contributed by atoms with E-state index in [2.05, 4.69) is 6.07 Å². The molecule has 0 heterocycles. The summed E-state index contributed by atoms with van der Waals surface area (Å²) in [6.45, 7) is 1.31. The van der Waals surface area contributed by atoms with E-state index in [1.54, 1.807) is 7.11 Å². The Labute approximate surface area is 114 Å². The van der Waals surface area contributed by atoms with Crippen molar-refractivity contribution in [3.05, 3.63) is 48.5 Å². The van der Waals surface area contributed by atoms with Gasteiger partial charge >= 0.3 is 0 Å². The smallest absolute Gasteiger partial charge is 0.119 e. The molecule has 0 spiro atoms. The second-order valence-corrected chi connectivity index (χ2v) is 4.25. The predicted molar refractivity (Wildman–Crippen MR) is 77.6 cm³/mol. The van der Waals surface area contributed by atoms with Gasteiger partial charge in [-0.2, -0.15) is 0 Å². The van der Waals surface area contributed by atoms with Gasteiger partial charge in [-0.1, -0.05) is 24.3 Å². The summed E-state index contributed by atoms with van der Waals surface area (Å²) >= 11 is 0. The molecule has 0 amide bonds. The molecular weight excluding hydrogens is 238 g/mol. The van der Waals surface area contributed by atoms with Gasteiger partial charge in [-0.25, -0.2) is 0 Å². The number of ether oxygens (including phenoxy) is 2. The monoisotopic (exact) mass is 257 g/mol. The van der Waals surface area contributed by atoms with Gasteiger partial charge in [0.2, 0.25) is 0 Å². The molecule has 19 heavy (non-hydrogen) atoms. The molecule has 2 aromatic rings. The van der Waals surface area contributed by atoms with Gasteiger partial charge in [0.1, 0.15) is 11.5 Å². The Morgan fingerprint density at radius 2 is 1.74 bits per heavy atom. The fraction of sp³-hybridized carbons (Fsp3) is 0.250. The summed E-state index contributed by atoms with van der Waals surface area (Å²) in [6, 6.07) is 16.1. The molecule has 0 saturated carbocycles. The zero-order chi connectivity index (χ0) is 13.5. The Kier molecular flexibility index (Phi) is 4.81. The number of rotatable bonds is 6. The lowest BCUT2D eigenvalue weighted by Crippen LogP contribution is -2.05. The van der Waals surface area contributed by atoms with Gasteiger partial charge in [-0.15, -0.1) is 0 Å². The molecule has 0 aliphatic rings. The van der Waals surface area contributed by atoms with Crippen LogP contribution in [0.3, 0.4) is 0 Å². The molecule has 0 aliphatic heterocycles. The van der Waals surface area contributed by atoms with Crippen LogP contribution in [0.1, 0.15) is 6.42 Å². The molecule has 0 unspecified atom stereocenters. The van der Waals surface area contributed by atoms with Crippen molar-refractivity contribution in [3.8, 4) is 22.6 Å². The molecule has 0 aliphatic carbocycles. The van der Waals surface area contributed by atoms with Crippen molar-refractivity contribution in [2.24, 2.45) is 5.73 Å². The van der Waals surface area contributed by atoms with Crippen molar-refractivity contribution >= 4 is 0 Å². The third-order valence-corrected chi connectivity index (χ3v) is 2.87. The maximum Gasteiger partial charge on any atom is 0.119 e. The highest BCUT2D eigenvalue weighted by atomic mass is 16.5. The van der Waals surface area contributed by atoms with Crippen LogP contribution in [0.2, 0.25) is 0 Å². The van der Waals surface area contributed by atoms with Crippen molar-refractivity contribution in [1.82, 2.24) is 0 Å². The third kappa shape index (κ3) is 3.73. The first kappa shape index (κ1) is 13.4. The lowest BCUT2D eigenvalue weighted by molar-refractivity contribution is 0.313. The molecule has 3 nitrogen and oxygen atoms in total. The van der Waals surface area contributed by atoms with Crippen molar-refractivity contribution in [1.29, 1.82) is 0 Å². The van der Waals surface area contributed by atoms with Gasteiger partial charge in [0.05, 0.1) is 13.7 Å². The van der Waals surface area contributed by atoms with E-state index in [4.69, 9.17) is 15.2 Å². The van der Waals surface area contributed by atoms with Crippen molar-refractivity contribution in [2.45, 2.75) is 6.42 Å². The highest BCUT2D eigenvalue weighted by molar-refractivity contribution is 5.65. The number of benzene rings is 2. The molecule has 3 heteroatoms. The normalized spacial score (nSPS) is 10.2. The van der Waals surface area contributed by atoms with Crippen LogP contribution in [0, 0.1) is 0 Å². The minimum Gasteiger partial charge on any atom is -0.497 e. The summed E-state index contributed by atoms with van der Waals surface area (Å²) in [5.41, 5.74) is 7.73. The molecule has 0 aromatic heterocycles. The molecule has 0 bridgehead atoms. The van der Waals surface area contributed by atoms with E-state index >= 15 is 0 Å². The van der Waals surface area contributed by atoms with Crippen molar-refractivity contribution in [3.63, 3.8) is 0 Å². The van der Waals surface area contributed by atoms with Crippen LogP contribution >= 0.6 is 0 Å². The minimum absolute atomic E-state index is 0.651. The SMILES string of the molecule is COc1ccc(-c2cccc(OCCCN)c2)cc1. The first-order chi connectivity index (χ1) is 9.33. The van der Waals surface area contributed by atoms with Crippen LogP contribution in [-0.4, -0.2) is 20.3 Å². The van der Waals surface area contributed by atoms with Gasteiger partial charge in [0.25, 0.3) is 0 Å². The molecule has 0 radical (unpaired) electrons. The van der Waals surface area contributed by atoms with Gasteiger partial charge in [0.15, 0.2) is 0 Å². The molecule has 100 valence electrons. The number of hydrogen-bond acceptors (Lipinski definition) is 3. The van der Waals surface area contributed by atoms with E-state index in [0.29, 0.717) is 13.2 Å². The highest BCUT2D eigenvalue weighted by Crippen LogP contribution is 2.25. The fourth-order valence-electron chi connectivity index (χ4n) is 1.82. The van der Waals surface area contributed by atoms with Crippen molar-refractivity contribution < 1.29 is 9.47 Å². The third-order valence-electron chi connectivity index (χ3n) is 2.87. The van der Waals surface area contributed by atoms with E-state index in [1.165, 1.54) is 0 Å². The summed E-state index contributed by atoms with van der Waals surface area (Å²) < 4.78 is 10.8. The van der Waals surface area contributed by atoms with E-state index in [0.717, 1.165) is 29.0 Å². The second kappa shape index (κ2) is 6.81. The van der Waals surface area contributed by atoms with Gasteiger partial charge in [-0.3, -0.25) is 0 Å². The van der Waals surface area contributed by atoms with Crippen LogP contribution in [0.5, 0.6) is 11.5 Å². The lowest BCUT2D eigenvalue weighted by Gasteiger charge is -2.08. The molecular formula is C16H19NO2. The lowest BCUT2D eigenvalue weighted by atomic mass is 10.1. The summed E-state index contributed by atoms with van der Waals surface area (Å²) in [5.74, 6) is 1.74. The van der Waals surface area contributed by atoms with Gasteiger partial charge in [0, 0.05) is 0 Å². The summed E-state index contributed by atoms with van der Waals surface area (Å²) in [7, 11) is 1.67. The maximum absolute atomic E-state index is 5.65. The van der Waals surface area contributed by atoms with Crippen LogP contribution in [0.4, 0.5) is 0 Å². The molecule has 2 rings (SSSR count). The zero-order valence-electron chi connectivity index (χ0n) is 11.1. The first-order valence-electron chi connectivity index (χ1n) is 6.41. The predicted octanol–water partition coefficient (Wildman–Crippen LogP) is 3.09. The Hall–Kier alpha value is -2.00. The molecule has 2 aromatic carbocycles. The van der Waals surface area contributed by atoms with Crippen molar-refractivity contribution in [2.75, 3.05) is 20.3 Å². The van der Waals surface area contributed by atoms with Crippen LogP contribution in [0.25, 0.3) is 11.1 Å².